The Hall–Kier alpha value is -3.37. The third-order valence-electron chi connectivity index (χ3n) is 4.83. The zero-order valence-electron chi connectivity index (χ0n) is 16.4. The Labute approximate surface area is 175 Å². The van der Waals surface area contributed by atoms with Gasteiger partial charge in [-0.25, -0.2) is 15.0 Å². The van der Waals surface area contributed by atoms with Crippen LogP contribution in [0.1, 0.15) is 24.9 Å². The van der Waals surface area contributed by atoms with Crippen molar-refractivity contribution in [1.29, 1.82) is 0 Å². The van der Waals surface area contributed by atoms with Gasteiger partial charge in [0, 0.05) is 12.6 Å². The van der Waals surface area contributed by atoms with E-state index in [-0.39, 0.29) is 6.04 Å². The number of carboxylic acid groups (broad SMARTS) is 1. The molecule has 1 amide bonds. The monoisotopic (exact) mass is 424 g/mol. The molecule has 0 fully saturated rings. The number of hydrogen-bond donors (Lipinski definition) is 3. The molecule has 0 spiro atoms. The fourth-order valence-electron chi connectivity index (χ4n) is 3.25. The maximum atomic E-state index is 12.1. The van der Waals surface area contributed by atoms with Crippen LogP contribution in [0.25, 0.3) is 32.0 Å². The van der Waals surface area contributed by atoms with Gasteiger partial charge in [-0.05, 0) is 18.6 Å². The number of rotatable bonds is 6. The first-order valence-corrected chi connectivity index (χ1v) is 10.1. The first-order chi connectivity index (χ1) is 14.3. The maximum absolute atomic E-state index is 12.1. The van der Waals surface area contributed by atoms with Crippen LogP contribution in [0.2, 0.25) is 0 Å². The third-order valence-corrected chi connectivity index (χ3v) is 5.84. The number of carbonyl (C=O) groups is 2. The second-order valence-electron chi connectivity index (χ2n) is 7.08. The van der Waals surface area contributed by atoms with Gasteiger partial charge in [0.1, 0.15) is 20.9 Å². The zero-order valence-corrected chi connectivity index (χ0v) is 17.2. The van der Waals surface area contributed by atoms with Gasteiger partial charge in [-0.3, -0.25) is 9.59 Å². The first-order valence-electron chi connectivity index (χ1n) is 9.28. The molecule has 0 aliphatic rings. The molecule has 4 aromatic rings. The number of carbonyl (C=O) groups excluding carboxylic acids is 1. The number of benzene rings is 1. The second-order valence-corrected chi connectivity index (χ2v) is 8.06. The largest absolute Gasteiger partial charge is 0.481 e. The van der Waals surface area contributed by atoms with Crippen molar-refractivity contribution in [2.75, 3.05) is 0 Å². The molecule has 10 heteroatoms. The molecule has 0 saturated heterocycles. The fourth-order valence-corrected chi connectivity index (χ4v) is 4.16. The van der Waals surface area contributed by atoms with Gasteiger partial charge in [0.05, 0.1) is 36.5 Å². The van der Waals surface area contributed by atoms with Crippen LogP contribution in [0.4, 0.5) is 0 Å². The van der Waals surface area contributed by atoms with E-state index in [0.717, 1.165) is 37.5 Å². The molecule has 0 aliphatic carbocycles. The standard InChI is InChI=1S/C20H20N6O3S/c1-10(24-18(29)13(21)7-15(27)28)11-4-3-5-12(6-11)19-25-16-17-14(23-9-26(17)2)8-22-20(16)30-19/h3-6,8-10,13H,7,21H2,1-2H3,(H,24,29)(H,27,28)/t10-,13+/m0/s1. The summed E-state index contributed by atoms with van der Waals surface area (Å²) in [6.07, 6.45) is 3.07. The highest BCUT2D eigenvalue weighted by Crippen LogP contribution is 2.33. The minimum absolute atomic E-state index is 0.339. The van der Waals surface area contributed by atoms with E-state index in [1.807, 2.05) is 42.8 Å². The number of imidazole rings is 1. The van der Waals surface area contributed by atoms with E-state index >= 15 is 0 Å². The van der Waals surface area contributed by atoms with Gasteiger partial charge in [0.25, 0.3) is 0 Å². The van der Waals surface area contributed by atoms with Crippen LogP contribution in [0.5, 0.6) is 0 Å². The Kier molecular flexibility index (Phi) is 5.18. The molecular formula is C20H20N6O3S. The average molecular weight is 424 g/mol. The number of nitrogens with two attached hydrogens (primary N) is 1. The first kappa shape index (κ1) is 19.9. The van der Waals surface area contributed by atoms with E-state index in [1.165, 1.54) is 11.3 Å². The highest BCUT2D eigenvalue weighted by atomic mass is 32.1. The van der Waals surface area contributed by atoms with Crippen LogP contribution in [0, 0.1) is 0 Å². The summed E-state index contributed by atoms with van der Waals surface area (Å²) in [7, 11) is 1.92. The minimum atomic E-state index is -1.11. The predicted octanol–water partition coefficient (Wildman–Crippen LogP) is 2.22. The lowest BCUT2D eigenvalue weighted by molar-refractivity contribution is -0.139. The van der Waals surface area contributed by atoms with Gasteiger partial charge in [-0.2, -0.15) is 0 Å². The lowest BCUT2D eigenvalue weighted by atomic mass is 10.0. The number of thiazole rings is 1. The van der Waals surface area contributed by atoms with Gasteiger partial charge in [0.15, 0.2) is 0 Å². The van der Waals surface area contributed by atoms with Gasteiger partial charge in [-0.15, -0.1) is 0 Å². The van der Waals surface area contributed by atoms with E-state index in [4.69, 9.17) is 15.8 Å². The highest BCUT2D eigenvalue weighted by Gasteiger charge is 2.20. The number of aliphatic carboxylic acids is 1. The number of amides is 1. The van der Waals surface area contributed by atoms with Crippen LogP contribution in [0.3, 0.4) is 0 Å². The summed E-state index contributed by atoms with van der Waals surface area (Å²) in [5.41, 5.74) is 9.95. The Morgan fingerprint density at radius 2 is 2.13 bits per heavy atom. The van der Waals surface area contributed by atoms with Crippen molar-refractivity contribution in [2.45, 2.75) is 25.4 Å². The van der Waals surface area contributed by atoms with Gasteiger partial charge >= 0.3 is 5.97 Å². The van der Waals surface area contributed by atoms with Crippen LogP contribution in [-0.2, 0) is 16.6 Å². The highest BCUT2D eigenvalue weighted by molar-refractivity contribution is 7.21. The molecule has 9 nitrogen and oxygen atoms in total. The Bertz CT molecular complexity index is 1260. The van der Waals surface area contributed by atoms with Crippen molar-refractivity contribution in [3.63, 3.8) is 0 Å². The molecule has 4 rings (SSSR count). The van der Waals surface area contributed by atoms with E-state index in [9.17, 15) is 9.59 Å². The van der Waals surface area contributed by atoms with Crippen molar-refractivity contribution >= 4 is 44.6 Å². The molecule has 0 radical (unpaired) electrons. The quantitative estimate of drug-likeness (QED) is 0.432. The number of pyridine rings is 1. The van der Waals surface area contributed by atoms with E-state index in [1.54, 1.807) is 12.5 Å². The minimum Gasteiger partial charge on any atom is -0.481 e. The second kappa shape index (κ2) is 7.81. The molecular weight excluding hydrogens is 404 g/mol. The van der Waals surface area contributed by atoms with Crippen molar-refractivity contribution in [3.8, 4) is 10.6 Å². The fraction of sp³-hybridized carbons (Fsp3) is 0.250. The Balaban J connectivity index is 1.62. The third kappa shape index (κ3) is 3.74. The molecule has 4 N–H and O–H groups in total. The molecule has 154 valence electrons. The van der Waals surface area contributed by atoms with Crippen LogP contribution in [0.15, 0.2) is 36.8 Å². The van der Waals surface area contributed by atoms with Gasteiger partial charge in [0.2, 0.25) is 5.91 Å². The van der Waals surface area contributed by atoms with Crippen LogP contribution < -0.4 is 11.1 Å². The van der Waals surface area contributed by atoms with Crippen molar-refractivity contribution in [1.82, 2.24) is 24.8 Å². The SMILES string of the molecule is C[C@H](NC(=O)[C@H](N)CC(=O)O)c1cccc(-c2nc3c(ncc4ncn(C)c43)s2)c1. The molecule has 3 aromatic heterocycles. The topological polar surface area (TPSA) is 136 Å². The number of fused-ring (bicyclic) bond motifs is 3. The van der Waals surface area contributed by atoms with Crippen molar-refractivity contribution in [2.24, 2.45) is 12.8 Å². The summed E-state index contributed by atoms with van der Waals surface area (Å²) in [5.74, 6) is -1.61. The lowest BCUT2D eigenvalue weighted by Crippen LogP contribution is -2.42. The summed E-state index contributed by atoms with van der Waals surface area (Å²) in [5, 5.41) is 12.4. The summed E-state index contributed by atoms with van der Waals surface area (Å²) < 4.78 is 1.93. The summed E-state index contributed by atoms with van der Waals surface area (Å²) in [4.78, 5) is 37.3. The van der Waals surface area contributed by atoms with Crippen molar-refractivity contribution in [3.05, 3.63) is 42.4 Å². The maximum Gasteiger partial charge on any atom is 0.305 e. The average Bonchev–Trinajstić information content (AvgIpc) is 3.31. The molecule has 0 unspecified atom stereocenters. The van der Waals surface area contributed by atoms with E-state index < -0.39 is 24.3 Å². The van der Waals surface area contributed by atoms with Gasteiger partial charge < -0.3 is 20.7 Å². The Morgan fingerprint density at radius 3 is 2.90 bits per heavy atom. The van der Waals surface area contributed by atoms with Crippen LogP contribution in [-0.4, -0.2) is 42.5 Å². The van der Waals surface area contributed by atoms with E-state index in [0.29, 0.717) is 0 Å². The number of nitrogens with zero attached hydrogens (tertiary/aromatic N) is 4. The number of nitrogens with one attached hydrogen (secondary N) is 1. The van der Waals surface area contributed by atoms with Gasteiger partial charge in [-0.1, -0.05) is 29.5 Å². The zero-order chi connectivity index (χ0) is 21.4. The number of carboxylic acids is 1. The lowest BCUT2D eigenvalue weighted by Gasteiger charge is -2.17. The predicted molar refractivity (Wildman–Crippen MR) is 114 cm³/mol. The van der Waals surface area contributed by atoms with Crippen LogP contribution >= 0.6 is 11.3 Å². The molecule has 1 aromatic carbocycles. The normalized spacial score (nSPS) is 13.4. The number of hydrogen-bond acceptors (Lipinski definition) is 7. The number of aryl methyl sites for hydroxylation is 1. The molecule has 0 saturated carbocycles. The van der Waals surface area contributed by atoms with Crippen molar-refractivity contribution < 1.29 is 14.7 Å². The summed E-state index contributed by atoms with van der Waals surface area (Å²) in [6, 6.07) is 6.25. The van der Waals surface area contributed by atoms with E-state index in [2.05, 4.69) is 15.3 Å². The number of aromatic nitrogens is 4. The Morgan fingerprint density at radius 1 is 1.33 bits per heavy atom. The molecule has 0 aliphatic heterocycles. The molecule has 30 heavy (non-hydrogen) atoms. The molecule has 2 atom stereocenters. The molecule has 3 heterocycles. The smallest absolute Gasteiger partial charge is 0.305 e. The summed E-state index contributed by atoms with van der Waals surface area (Å²) in [6.45, 7) is 1.82. The summed E-state index contributed by atoms with van der Waals surface area (Å²) >= 11 is 1.49. The molecule has 0 bridgehead atoms.